The van der Waals surface area contributed by atoms with Crippen molar-refractivity contribution in [1.29, 1.82) is 0 Å². The zero-order valence-corrected chi connectivity index (χ0v) is 10.2. The van der Waals surface area contributed by atoms with Crippen molar-refractivity contribution in [2.75, 3.05) is 0 Å². The molecule has 2 fully saturated rings. The second kappa shape index (κ2) is 4.45. The Hall–Kier alpha value is -1.25. The van der Waals surface area contributed by atoms with Crippen LogP contribution in [0.3, 0.4) is 0 Å². The monoisotopic (exact) mass is 250 g/mol. The molecule has 0 aliphatic heterocycles. The molecule has 1 aromatic rings. The summed E-state index contributed by atoms with van der Waals surface area (Å²) in [5, 5.41) is 0. The molecule has 3 heteroatoms. The van der Waals surface area contributed by atoms with Crippen LogP contribution in [0.15, 0.2) is 18.2 Å². The maximum Gasteiger partial charge on any atom is 0.162 e. The molecule has 3 unspecified atom stereocenters. The van der Waals surface area contributed by atoms with Crippen molar-refractivity contribution < 1.29 is 13.6 Å². The normalized spacial score (nSPS) is 29.8. The van der Waals surface area contributed by atoms with Crippen LogP contribution in [-0.2, 0) is 11.2 Å². The van der Waals surface area contributed by atoms with E-state index in [1.165, 1.54) is 18.6 Å². The molecular formula is C15H16F2O. The Morgan fingerprint density at radius 3 is 2.72 bits per heavy atom. The fourth-order valence-electron chi connectivity index (χ4n) is 3.64. The van der Waals surface area contributed by atoms with E-state index in [1.54, 1.807) is 0 Å². The molecule has 2 bridgehead atoms. The maximum absolute atomic E-state index is 13.5. The van der Waals surface area contributed by atoms with Gasteiger partial charge in [-0.05, 0) is 42.7 Å². The number of halogens is 2. The minimum absolute atomic E-state index is 0.0392. The van der Waals surface area contributed by atoms with Gasteiger partial charge in [0.05, 0.1) is 0 Å². The average molecular weight is 250 g/mol. The van der Waals surface area contributed by atoms with Crippen LogP contribution >= 0.6 is 0 Å². The lowest BCUT2D eigenvalue weighted by atomic mass is 9.83. The number of Topliss-reactive ketones (excluding diaryl/α,β-unsaturated/α-hetero) is 1. The molecule has 2 aliphatic carbocycles. The molecule has 0 amide bonds. The van der Waals surface area contributed by atoms with Gasteiger partial charge in [0.2, 0.25) is 0 Å². The SMILES string of the molecule is O=C(Cc1cccc(F)c1F)C1CC2CCC1C2. The van der Waals surface area contributed by atoms with Gasteiger partial charge in [0, 0.05) is 12.3 Å². The Kier molecular flexibility index (Phi) is 2.92. The zero-order valence-electron chi connectivity index (χ0n) is 10.2. The molecule has 18 heavy (non-hydrogen) atoms. The van der Waals surface area contributed by atoms with Crippen LogP contribution in [0.1, 0.15) is 31.2 Å². The second-order valence-corrected chi connectivity index (χ2v) is 5.64. The summed E-state index contributed by atoms with van der Waals surface area (Å²) in [6.07, 6.45) is 4.52. The molecule has 96 valence electrons. The highest BCUT2D eigenvalue weighted by Gasteiger charge is 2.42. The number of carbonyl (C=O) groups is 1. The number of hydrogen-bond acceptors (Lipinski definition) is 1. The summed E-state index contributed by atoms with van der Waals surface area (Å²) in [4.78, 5) is 12.2. The fraction of sp³-hybridized carbons (Fsp3) is 0.533. The fourth-order valence-corrected chi connectivity index (χ4v) is 3.64. The van der Waals surface area contributed by atoms with Gasteiger partial charge in [-0.1, -0.05) is 18.6 Å². The van der Waals surface area contributed by atoms with E-state index in [9.17, 15) is 13.6 Å². The van der Waals surface area contributed by atoms with Crippen molar-refractivity contribution in [3.05, 3.63) is 35.4 Å². The standard InChI is InChI=1S/C15H16F2O/c16-13-3-1-2-11(15(13)17)8-14(18)12-7-9-4-5-10(12)6-9/h1-3,9-10,12H,4-8H2. The summed E-state index contributed by atoms with van der Waals surface area (Å²) in [6.45, 7) is 0. The summed E-state index contributed by atoms with van der Waals surface area (Å²) in [6, 6.07) is 4.05. The topological polar surface area (TPSA) is 17.1 Å². The summed E-state index contributed by atoms with van der Waals surface area (Å²) in [7, 11) is 0. The van der Waals surface area contributed by atoms with Crippen molar-refractivity contribution >= 4 is 5.78 Å². The van der Waals surface area contributed by atoms with Crippen molar-refractivity contribution in [3.8, 4) is 0 Å². The smallest absolute Gasteiger partial charge is 0.162 e. The van der Waals surface area contributed by atoms with Crippen molar-refractivity contribution in [3.63, 3.8) is 0 Å². The quantitative estimate of drug-likeness (QED) is 0.802. The van der Waals surface area contributed by atoms with Gasteiger partial charge in [-0.15, -0.1) is 0 Å². The number of benzene rings is 1. The van der Waals surface area contributed by atoms with Gasteiger partial charge in [-0.2, -0.15) is 0 Å². The van der Waals surface area contributed by atoms with Crippen LogP contribution in [0.25, 0.3) is 0 Å². The predicted octanol–water partition coefficient (Wildman–Crippen LogP) is 3.51. The molecule has 1 aromatic carbocycles. The molecule has 3 atom stereocenters. The molecular weight excluding hydrogens is 234 g/mol. The molecule has 0 aromatic heterocycles. The van der Waals surface area contributed by atoms with E-state index < -0.39 is 11.6 Å². The molecule has 0 heterocycles. The number of hydrogen-bond donors (Lipinski definition) is 0. The summed E-state index contributed by atoms with van der Waals surface area (Å²) in [5.74, 6) is -0.360. The first kappa shape index (κ1) is 11.8. The van der Waals surface area contributed by atoms with Gasteiger partial charge in [0.15, 0.2) is 11.6 Å². The number of rotatable bonds is 3. The van der Waals surface area contributed by atoms with Gasteiger partial charge in [-0.25, -0.2) is 8.78 Å². The third-order valence-electron chi connectivity index (χ3n) is 4.55. The Bertz CT molecular complexity index is 483. The lowest BCUT2D eigenvalue weighted by molar-refractivity contribution is -0.123. The van der Waals surface area contributed by atoms with Gasteiger partial charge >= 0.3 is 0 Å². The Morgan fingerprint density at radius 2 is 2.06 bits per heavy atom. The summed E-state index contributed by atoms with van der Waals surface area (Å²) < 4.78 is 26.6. The Balaban J connectivity index is 1.73. The zero-order chi connectivity index (χ0) is 12.7. The van der Waals surface area contributed by atoms with Crippen LogP contribution in [0, 0.1) is 29.4 Å². The van der Waals surface area contributed by atoms with Crippen LogP contribution in [0.2, 0.25) is 0 Å². The summed E-state index contributed by atoms with van der Waals surface area (Å²) in [5.41, 5.74) is 0.197. The van der Waals surface area contributed by atoms with Gasteiger partial charge in [-0.3, -0.25) is 4.79 Å². The van der Waals surface area contributed by atoms with Gasteiger partial charge in [0.25, 0.3) is 0 Å². The van der Waals surface area contributed by atoms with Crippen molar-refractivity contribution in [2.24, 2.45) is 17.8 Å². The highest BCUT2D eigenvalue weighted by molar-refractivity contribution is 5.84. The molecule has 0 radical (unpaired) electrons. The number of ketones is 1. The largest absolute Gasteiger partial charge is 0.299 e. The van der Waals surface area contributed by atoms with Gasteiger partial charge < -0.3 is 0 Å². The first-order chi connectivity index (χ1) is 8.65. The number of carbonyl (C=O) groups excluding carboxylic acids is 1. The average Bonchev–Trinajstić information content (AvgIpc) is 2.97. The molecule has 1 nitrogen and oxygen atoms in total. The third kappa shape index (κ3) is 1.96. The van der Waals surface area contributed by atoms with E-state index in [2.05, 4.69) is 0 Å². The molecule has 2 saturated carbocycles. The molecule has 0 spiro atoms. The first-order valence-corrected chi connectivity index (χ1v) is 6.60. The van der Waals surface area contributed by atoms with E-state index >= 15 is 0 Å². The van der Waals surface area contributed by atoms with E-state index in [4.69, 9.17) is 0 Å². The van der Waals surface area contributed by atoms with Gasteiger partial charge in [0.1, 0.15) is 5.78 Å². The maximum atomic E-state index is 13.5. The lowest BCUT2D eigenvalue weighted by Crippen LogP contribution is -2.23. The van der Waals surface area contributed by atoms with E-state index in [1.807, 2.05) is 0 Å². The molecule has 3 rings (SSSR count). The predicted molar refractivity (Wildman–Crippen MR) is 64.0 cm³/mol. The second-order valence-electron chi connectivity index (χ2n) is 5.64. The van der Waals surface area contributed by atoms with Crippen LogP contribution in [0.5, 0.6) is 0 Å². The minimum atomic E-state index is -0.867. The van der Waals surface area contributed by atoms with E-state index in [-0.39, 0.29) is 23.7 Å². The van der Waals surface area contributed by atoms with Crippen LogP contribution < -0.4 is 0 Å². The molecule has 0 saturated heterocycles. The Labute approximate surface area is 105 Å². The lowest BCUT2D eigenvalue weighted by Gasteiger charge is -2.20. The van der Waals surface area contributed by atoms with E-state index in [0.717, 1.165) is 25.3 Å². The highest BCUT2D eigenvalue weighted by Crippen LogP contribution is 2.48. The van der Waals surface area contributed by atoms with Crippen LogP contribution in [0.4, 0.5) is 8.78 Å². The minimum Gasteiger partial charge on any atom is -0.299 e. The summed E-state index contributed by atoms with van der Waals surface area (Å²) >= 11 is 0. The number of fused-ring (bicyclic) bond motifs is 2. The van der Waals surface area contributed by atoms with Crippen molar-refractivity contribution in [2.45, 2.75) is 32.1 Å². The van der Waals surface area contributed by atoms with Crippen molar-refractivity contribution in [1.82, 2.24) is 0 Å². The highest BCUT2D eigenvalue weighted by atomic mass is 19.2. The Morgan fingerprint density at radius 1 is 1.22 bits per heavy atom. The third-order valence-corrected chi connectivity index (χ3v) is 4.55. The van der Waals surface area contributed by atoms with Crippen LogP contribution in [-0.4, -0.2) is 5.78 Å². The first-order valence-electron chi connectivity index (χ1n) is 6.60. The van der Waals surface area contributed by atoms with E-state index in [0.29, 0.717) is 11.8 Å². The molecule has 0 N–H and O–H groups in total. The molecule has 2 aliphatic rings.